The number of carbonyl (C=O) groups is 2. The van der Waals surface area contributed by atoms with Crippen molar-refractivity contribution in [2.24, 2.45) is 0 Å². The molecular formula is C17H15F2NO4. The van der Waals surface area contributed by atoms with Crippen LogP contribution in [0.3, 0.4) is 0 Å². The van der Waals surface area contributed by atoms with Crippen LogP contribution >= 0.6 is 0 Å². The van der Waals surface area contributed by atoms with Gasteiger partial charge in [-0.2, -0.15) is 0 Å². The fourth-order valence-corrected chi connectivity index (χ4v) is 2.06. The molecule has 0 bridgehead atoms. The molecule has 0 aliphatic carbocycles. The van der Waals surface area contributed by atoms with Crippen LogP contribution in [0.25, 0.3) is 0 Å². The Kier molecular flexibility index (Phi) is 5.83. The zero-order chi connectivity index (χ0) is 17.5. The number of ether oxygens (including phenoxy) is 1. The standard InChI is InChI=1S/C17H15F2NO4/c18-12-7-5-11(6-8-12)14(9-17(22)23)20-16(21)10-24-15-4-2-1-3-13(15)19/h1-8,14H,9-10H2,(H,20,21)(H,22,23). The predicted octanol–water partition coefficient (Wildman–Crippen LogP) is 2.68. The van der Waals surface area contributed by atoms with Gasteiger partial charge in [-0.3, -0.25) is 9.59 Å². The maximum absolute atomic E-state index is 13.4. The van der Waals surface area contributed by atoms with Crippen molar-refractivity contribution >= 4 is 11.9 Å². The molecule has 0 spiro atoms. The summed E-state index contributed by atoms with van der Waals surface area (Å²) in [6.45, 7) is -0.474. The number of hydrogen-bond donors (Lipinski definition) is 2. The van der Waals surface area contributed by atoms with Gasteiger partial charge in [0.1, 0.15) is 5.82 Å². The number of para-hydroxylation sites is 1. The Hall–Kier alpha value is -2.96. The fraction of sp³-hybridized carbons (Fsp3) is 0.176. The van der Waals surface area contributed by atoms with E-state index in [1.54, 1.807) is 6.07 Å². The number of carboxylic acids is 1. The lowest BCUT2D eigenvalue weighted by Gasteiger charge is -2.17. The molecule has 7 heteroatoms. The average molecular weight is 335 g/mol. The quantitative estimate of drug-likeness (QED) is 0.816. The van der Waals surface area contributed by atoms with Gasteiger partial charge in [0.15, 0.2) is 18.2 Å². The van der Waals surface area contributed by atoms with Crippen molar-refractivity contribution in [2.45, 2.75) is 12.5 Å². The summed E-state index contributed by atoms with van der Waals surface area (Å²) in [6, 6.07) is 9.89. The van der Waals surface area contributed by atoms with Gasteiger partial charge < -0.3 is 15.2 Å². The number of benzene rings is 2. The van der Waals surface area contributed by atoms with E-state index in [2.05, 4.69) is 5.32 Å². The number of carbonyl (C=O) groups excluding carboxylic acids is 1. The van der Waals surface area contributed by atoms with Gasteiger partial charge in [0.2, 0.25) is 0 Å². The minimum absolute atomic E-state index is 0.0794. The summed E-state index contributed by atoms with van der Waals surface area (Å²) < 4.78 is 31.4. The molecule has 0 saturated carbocycles. The van der Waals surface area contributed by atoms with Crippen LogP contribution in [-0.2, 0) is 9.59 Å². The molecule has 0 radical (unpaired) electrons. The topological polar surface area (TPSA) is 75.6 Å². The summed E-state index contributed by atoms with van der Waals surface area (Å²) in [6.07, 6.45) is -0.378. The first-order valence-corrected chi connectivity index (χ1v) is 7.09. The molecule has 2 aromatic carbocycles. The van der Waals surface area contributed by atoms with E-state index in [4.69, 9.17) is 9.84 Å². The summed E-state index contributed by atoms with van der Waals surface area (Å²) in [5, 5.41) is 11.4. The summed E-state index contributed by atoms with van der Waals surface area (Å²) in [5.41, 5.74) is 0.443. The molecule has 1 unspecified atom stereocenters. The normalized spacial score (nSPS) is 11.6. The Labute approximate surface area is 136 Å². The first kappa shape index (κ1) is 17.4. The molecule has 0 heterocycles. The van der Waals surface area contributed by atoms with Crippen LogP contribution in [0.5, 0.6) is 5.75 Å². The number of amides is 1. The first-order valence-electron chi connectivity index (χ1n) is 7.09. The monoisotopic (exact) mass is 335 g/mol. The highest BCUT2D eigenvalue weighted by atomic mass is 19.1. The van der Waals surface area contributed by atoms with Gasteiger partial charge in [0, 0.05) is 0 Å². The molecule has 1 atom stereocenters. The average Bonchev–Trinajstić information content (AvgIpc) is 2.54. The minimum atomic E-state index is -1.13. The molecular weight excluding hydrogens is 320 g/mol. The van der Waals surface area contributed by atoms with E-state index in [1.165, 1.54) is 42.5 Å². The zero-order valence-electron chi connectivity index (χ0n) is 12.5. The van der Waals surface area contributed by atoms with Crippen molar-refractivity contribution in [3.63, 3.8) is 0 Å². The van der Waals surface area contributed by atoms with Crippen LogP contribution in [-0.4, -0.2) is 23.6 Å². The molecule has 126 valence electrons. The third kappa shape index (κ3) is 5.05. The predicted molar refractivity (Wildman–Crippen MR) is 81.4 cm³/mol. The number of halogens is 2. The lowest BCUT2D eigenvalue weighted by molar-refractivity contribution is -0.137. The second-order valence-electron chi connectivity index (χ2n) is 4.99. The van der Waals surface area contributed by atoms with Gasteiger partial charge in [-0.1, -0.05) is 24.3 Å². The molecule has 2 N–H and O–H groups in total. The van der Waals surface area contributed by atoms with Gasteiger partial charge >= 0.3 is 5.97 Å². The highest BCUT2D eigenvalue weighted by Crippen LogP contribution is 2.18. The van der Waals surface area contributed by atoms with Crippen LogP contribution in [0.4, 0.5) is 8.78 Å². The van der Waals surface area contributed by atoms with Gasteiger partial charge in [0.05, 0.1) is 12.5 Å². The van der Waals surface area contributed by atoms with Gasteiger partial charge in [0.25, 0.3) is 5.91 Å². The SMILES string of the molecule is O=C(O)CC(NC(=O)COc1ccccc1F)c1ccc(F)cc1. The van der Waals surface area contributed by atoms with Gasteiger partial charge in [-0.05, 0) is 29.8 Å². The van der Waals surface area contributed by atoms with Crippen molar-refractivity contribution in [3.05, 3.63) is 65.7 Å². The molecule has 0 aliphatic heterocycles. The Morgan fingerprint density at radius 2 is 1.75 bits per heavy atom. The Bertz CT molecular complexity index is 719. The summed E-state index contributed by atoms with van der Waals surface area (Å²) in [5.74, 6) is -2.90. The van der Waals surface area contributed by atoms with E-state index >= 15 is 0 Å². The fourth-order valence-electron chi connectivity index (χ4n) is 2.06. The highest BCUT2D eigenvalue weighted by molar-refractivity contribution is 5.79. The number of carboxylic acid groups (broad SMARTS) is 1. The van der Waals surface area contributed by atoms with Crippen LogP contribution in [0.2, 0.25) is 0 Å². The lowest BCUT2D eigenvalue weighted by Crippen LogP contribution is -2.34. The largest absolute Gasteiger partial charge is 0.481 e. The molecule has 0 saturated heterocycles. The van der Waals surface area contributed by atoms with E-state index in [0.717, 1.165) is 0 Å². The minimum Gasteiger partial charge on any atom is -0.481 e. The number of nitrogens with one attached hydrogen (secondary N) is 1. The van der Waals surface area contributed by atoms with E-state index in [9.17, 15) is 18.4 Å². The van der Waals surface area contributed by atoms with Crippen molar-refractivity contribution in [1.82, 2.24) is 5.32 Å². The second kappa shape index (κ2) is 8.05. The van der Waals surface area contributed by atoms with Crippen molar-refractivity contribution in [2.75, 3.05) is 6.61 Å². The highest BCUT2D eigenvalue weighted by Gasteiger charge is 2.18. The summed E-state index contributed by atoms with van der Waals surface area (Å²) in [4.78, 5) is 22.9. The van der Waals surface area contributed by atoms with E-state index < -0.39 is 36.2 Å². The Morgan fingerprint density at radius 3 is 2.38 bits per heavy atom. The van der Waals surface area contributed by atoms with Crippen molar-refractivity contribution < 1.29 is 28.2 Å². The lowest BCUT2D eigenvalue weighted by atomic mass is 10.0. The number of hydrogen-bond acceptors (Lipinski definition) is 3. The van der Waals surface area contributed by atoms with E-state index in [1.807, 2.05) is 0 Å². The molecule has 0 aromatic heterocycles. The molecule has 2 rings (SSSR count). The molecule has 2 aromatic rings. The van der Waals surface area contributed by atoms with Crippen LogP contribution < -0.4 is 10.1 Å². The van der Waals surface area contributed by atoms with Gasteiger partial charge in [-0.25, -0.2) is 8.78 Å². The third-order valence-corrected chi connectivity index (χ3v) is 3.18. The molecule has 0 aliphatic rings. The third-order valence-electron chi connectivity index (χ3n) is 3.18. The second-order valence-corrected chi connectivity index (χ2v) is 4.99. The van der Waals surface area contributed by atoms with Crippen molar-refractivity contribution in [3.8, 4) is 5.75 Å². The first-order chi connectivity index (χ1) is 11.5. The zero-order valence-corrected chi connectivity index (χ0v) is 12.5. The summed E-state index contributed by atoms with van der Waals surface area (Å²) >= 11 is 0. The molecule has 1 amide bonds. The van der Waals surface area contributed by atoms with Crippen LogP contribution in [0, 0.1) is 11.6 Å². The summed E-state index contributed by atoms with van der Waals surface area (Å²) in [7, 11) is 0. The molecule has 24 heavy (non-hydrogen) atoms. The molecule has 0 fully saturated rings. The van der Waals surface area contributed by atoms with E-state index in [0.29, 0.717) is 5.56 Å². The molecule has 5 nitrogen and oxygen atoms in total. The smallest absolute Gasteiger partial charge is 0.305 e. The maximum atomic E-state index is 13.4. The Morgan fingerprint density at radius 1 is 1.08 bits per heavy atom. The maximum Gasteiger partial charge on any atom is 0.305 e. The Balaban J connectivity index is 2.00. The van der Waals surface area contributed by atoms with Crippen LogP contribution in [0.1, 0.15) is 18.0 Å². The number of rotatable bonds is 7. The van der Waals surface area contributed by atoms with E-state index in [-0.39, 0.29) is 12.2 Å². The van der Waals surface area contributed by atoms with Crippen molar-refractivity contribution in [1.29, 1.82) is 0 Å². The number of aliphatic carboxylic acids is 1. The van der Waals surface area contributed by atoms with Crippen LogP contribution in [0.15, 0.2) is 48.5 Å². The van der Waals surface area contributed by atoms with Gasteiger partial charge in [-0.15, -0.1) is 0 Å².